The Kier molecular flexibility index (Phi) is 5.38. The Labute approximate surface area is 132 Å². The van der Waals surface area contributed by atoms with Crippen LogP contribution < -0.4 is 16.7 Å². The number of hydrogen-bond acceptors (Lipinski definition) is 7. The van der Waals surface area contributed by atoms with Gasteiger partial charge in [0.25, 0.3) is 0 Å². The Morgan fingerprint density at radius 2 is 2.59 bits per heavy atom. The Bertz CT molecular complexity index is 560. The molecule has 1 aliphatic rings. The lowest BCUT2D eigenvalue weighted by Crippen LogP contribution is -2.39. The highest BCUT2D eigenvalue weighted by molar-refractivity contribution is 5.31. The van der Waals surface area contributed by atoms with E-state index in [1.165, 1.54) is 12.0 Å². The van der Waals surface area contributed by atoms with Crippen LogP contribution in [0.2, 0.25) is 0 Å². The lowest BCUT2D eigenvalue weighted by molar-refractivity contribution is -0.116. The number of nitrogens with two attached hydrogens (primary N) is 1. The van der Waals surface area contributed by atoms with Crippen molar-refractivity contribution < 1.29 is 16.3 Å². The first-order chi connectivity index (χ1) is 11.5. The van der Waals surface area contributed by atoms with Crippen LogP contribution in [0.1, 0.15) is 34.8 Å². The molecule has 2 heterocycles. The van der Waals surface area contributed by atoms with Gasteiger partial charge >= 0.3 is 5.69 Å². The fourth-order valence-electron chi connectivity index (χ4n) is 2.23. The van der Waals surface area contributed by atoms with E-state index in [-0.39, 0.29) is 13.0 Å². The molecule has 22 heavy (non-hydrogen) atoms. The van der Waals surface area contributed by atoms with E-state index < -0.39 is 23.6 Å². The molecule has 3 atom stereocenters. The summed E-state index contributed by atoms with van der Waals surface area (Å²) in [5.41, 5.74) is 3.93. The van der Waals surface area contributed by atoms with E-state index in [1.807, 2.05) is 0 Å². The molecule has 0 spiro atoms. The standard InChI is InChI=1S/C13H22N4O4.CH4/c1-13(8-18)9(19)7-11(21-13)17-6-3-10(16-12(17)20)15-5-2-4-14;/h3,6,9,11,18-19H,2,4-5,7-8,14H2,1H3,(H,15,16,20);1H4/i18T;1D. The maximum atomic E-state index is 12.1. The van der Waals surface area contributed by atoms with Crippen LogP contribution in [0, 0.1) is 0 Å². The third kappa shape index (κ3) is 3.83. The molecule has 126 valence electrons. The van der Waals surface area contributed by atoms with Gasteiger partial charge in [0.15, 0.2) is 0 Å². The van der Waals surface area contributed by atoms with Gasteiger partial charge in [0, 0.05) is 20.5 Å². The predicted octanol–water partition coefficient (Wildman–Crippen LogP) is -0.329. The van der Waals surface area contributed by atoms with Crippen molar-refractivity contribution >= 4 is 5.82 Å². The SMILES string of the molecule is [2H]C.[3H]OCC1(C)OC(n2ccc(NCCCN)nc2=O)CC1O. The zero-order valence-electron chi connectivity index (χ0n) is 15.0. The van der Waals surface area contributed by atoms with Crippen molar-refractivity contribution in [1.29, 1.82) is 1.43 Å². The highest BCUT2D eigenvalue weighted by Gasteiger charge is 2.44. The van der Waals surface area contributed by atoms with Gasteiger partial charge in [0.2, 0.25) is 1.43 Å². The lowest BCUT2D eigenvalue weighted by atomic mass is 10.0. The molecule has 8 nitrogen and oxygen atoms in total. The van der Waals surface area contributed by atoms with Gasteiger partial charge in [-0.15, -0.1) is 0 Å². The summed E-state index contributed by atoms with van der Waals surface area (Å²) in [6.07, 6.45) is 1.14. The second-order valence-electron chi connectivity index (χ2n) is 5.35. The Morgan fingerprint density at radius 1 is 1.82 bits per heavy atom. The summed E-state index contributed by atoms with van der Waals surface area (Å²) < 4.78 is 19.6. The van der Waals surface area contributed by atoms with E-state index in [0.717, 1.165) is 6.42 Å². The van der Waals surface area contributed by atoms with Crippen LogP contribution in [0.4, 0.5) is 5.82 Å². The fraction of sp³-hybridized carbons (Fsp3) is 0.714. The first kappa shape index (κ1) is 15.4. The molecule has 0 radical (unpaired) electrons. The van der Waals surface area contributed by atoms with E-state index in [1.54, 1.807) is 19.2 Å². The molecule has 1 aromatic heterocycles. The van der Waals surface area contributed by atoms with Crippen molar-refractivity contribution in [1.82, 2.24) is 9.55 Å². The van der Waals surface area contributed by atoms with E-state index >= 15 is 0 Å². The van der Waals surface area contributed by atoms with E-state index in [4.69, 9.17) is 13.3 Å². The highest BCUT2D eigenvalue weighted by atomic mass is 16.6. The third-order valence-corrected chi connectivity index (χ3v) is 3.65. The molecular formula is C14H26N4O4. The van der Waals surface area contributed by atoms with Gasteiger partial charge < -0.3 is 26.0 Å². The van der Waals surface area contributed by atoms with Gasteiger partial charge in [-0.2, -0.15) is 4.98 Å². The van der Waals surface area contributed by atoms with Gasteiger partial charge in [-0.25, -0.2) is 4.79 Å². The molecule has 1 aliphatic heterocycles. The van der Waals surface area contributed by atoms with E-state index in [9.17, 15) is 9.90 Å². The number of aliphatic hydroxyl groups is 2. The van der Waals surface area contributed by atoms with Crippen LogP contribution >= 0.6 is 0 Å². The minimum Gasteiger partial charge on any atom is -0.393 e. The minimum atomic E-state index is -1.01. The quantitative estimate of drug-likeness (QED) is 0.508. The normalized spacial score (nSPS) is 28.4. The van der Waals surface area contributed by atoms with Crippen LogP contribution in [0.3, 0.4) is 0 Å². The average molecular weight is 317 g/mol. The molecule has 0 bridgehead atoms. The number of rotatable bonds is 7. The summed E-state index contributed by atoms with van der Waals surface area (Å²) in [6, 6.07) is 1.67. The Morgan fingerprint density at radius 3 is 3.23 bits per heavy atom. The molecule has 0 aliphatic carbocycles. The third-order valence-electron chi connectivity index (χ3n) is 3.65. The molecule has 3 unspecified atom stereocenters. The van der Waals surface area contributed by atoms with Crippen LogP contribution in [0.15, 0.2) is 17.1 Å². The summed E-state index contributed by atoms with van der Waals surface area (Å²) in [7, 11) is 1.25. The number of aromatic nitrogens is 2. The van der Waals surface area contributed by atoms with Crippen molar-refractivity contribution in [2.45, 2.75) is 45.1 Å². The number of hydrogen-bond donors (Lipinski definition) is 4. The van der Waals surface area contributed by atoms with Crippen molar-refractivity contribution in [2.24, 2.45) is 5.73 Å². The number of ether oxygens (including phenoxy) is 1. The molecule has 0 saturated carbocycles. The first-order valence-corrected chi connectivity index (χ1v) is 6.97. The topological polar surface area (TPSA) is 123 Å². The van der Waals surface area contributed by atoms with Crippen molar-refractivity contribution in [3.8, 4) is 0 Å². The molecular weight excluding hydrogens is 288 g/mol. The van der Waals surface area contributed by atoms with Gasteiger partial charge in [0.1, 0.15) is 17.6 Å². The van der Waals surface area contributed by atoms with E-state index in [0.29, 0.717) is 18.9 Å². The van der Waals surface area contributed by atoms with Crippen LogP contribution in [-0.4, -0.2) is 52.6 Å². The molecule has 0 aromatic carbocycles. The Balaban J connectivity index is 0.00000139. The van der Waals surface area contributed by atoms with Crippen molar-refractivity contribution in [3.05, 3.63) is 22.7 Å². The highest BCUT2D eigenvalue weighted by Crippen LogP contribution is 2.35. The fourth-order valence-corrected chi connectivity index (χ4v) is 2.23. The molecule has 5 N–H and O–H groups in total. The van der Waals surface area contributed by atoms with Crippen LogP contribution in [0.5, 0.6) is 0 Å². The summed E-state index contributed by atoms with van der Waals surface area (Å²) >= 11 is 0. The zero-order chi connectivity index (χ0) is 18.2. The molecule has 2 rings (SSSR count). The maximum Gasteiger partial charge on any atom is 0.351 e. The number of aliphatic hydroxyl groups excluding tert-OH is 2. The molecule has 8 heteroatoms. The molecule has 1 saturated heterocycles. The second-order valence-corrected chi connectivity index (χ2v) is 5.35. The zero-order valence-corrected chi connectivity index (χ0v) is 13.0. The van der Waals surface area contributed by atoms with Crippen molar-refractivity contribution in [3.63, 3.8) is 0 Å². The van der Waals surface area contributed by atoms with Gasteiger partial charge in [-0.1, -0.05) is 7.40 Å². The smallest absolute Gasteiger partial charge is 0.351 e. The second kappa shape index (κ2) is 7.68. The van der Waals surface area contributed by atoms with Crippen molar-refractivity contribution in [2.75, 3.05) is 25.0 Å². The van der Waals surface area contributed by atoms with Gasteiger partial charge in [0.05, 0.1) is 12.7 Å². The summed E-state index contributed by atoms with van der Waals surface area (Å²) in [5.74, 6) is 0.477. The minimum absolute atomic E-state index is 0.0778. The first-order valence-electron chi connectivity index (χ1n) is 8.38. The Hall–Kier alpha value is -1.48. The number of nitrogens with one attached hydrogen (secondary N) is 1. The lowest BCUT2D eigenvalue weighted by Gasteiger charge is -2.25. The molecule has 1 fully saturated rings. The van der Waals surface area contributed by atoms with E-state index in [2.05, 4.69) is 15.4 Å². The summed E-state index contributed by atoms with van der Waals surface area (Å²) in [6.45, 7) is 2.78. The number of nitrogens with zero attached hydrogens (tertiary/aromatic N) is 2. The molecule has 1 aromatic rings. The van der Waals surface area contributed by atoms with Gasteiger partial charge in [-0.05, 0) is 26.0 Å². The van der Waals surface area contributed by atoms with Crippen LogP contribution in [-0.2, 0) is 4.74 Å². The monoisotopic (exact) mass is 317 g/mol. The summed E-state index contributed by atoms with van der Waals surface area (Å²) in [4.78, 5) is 16.0. The maximum absolute atomic E-state index is 12.1. The summed E-state index contributed by atoms with van der Waals surface area (Å²) in [5, 5.41) is 17.4. The van der Waals surface area contributed by atoms with Crippen LogP contribution in [0.25, 0.3) is 0 Å². The van der Waals surface area contributed by atoms with Gasteiger partial charge in [-0.3, -0.25) is 4.57 Å². The number of anilines is 1. The predicted molar refractivity (Wildman–Crippen MR) is 83.6 cm³/mol. The molecule has 0 amide bonds. The largest absolute Gasteiger partial charge is 0.393 e. The average Bonchev–Trinajstić information content (AvgIpc) is 2.85.